The van der Waals surface area contributed by atoms with Gasteiger partial charge in [-0.05, 0) is 43.2 Å². The van der Waals surface area contributed by atoms with Crippen molar-refractivity contribution in [2.24, 2.45) is 0 Å². The average molecular weight is 466 g/mol. The van der Waals surface area contributed by atoms with Gasteiger partial charge in [0.1, 0.15) is 5.76 Å². The first-order valence-corrected chi connectivity index (χ1v) is 11.4. The molecule has 1 atom stereocenters. The number of anilines is 1. The number of carbonyl (C=O) groups is 2. The van der Waals surface area contributed by atoms with E-state index < -0.39 is 17.7 Å². The molecule has 0 aliphatic carbocycles. The molecule has 1 aliphatic heterocycles. The zero-order valence-electron chi connectivity index (χ0n) is 18.2. The Balaban J connectivity index is 1.89. The number of aliphatic hydroxyl groups excluding tert-OH is 1. The first kappa shape index (κ1) is 22.5. The number of aromatic nitrogens is 2. The summed E-state index contributed by atoms with van der Waals surface area (Å²) in [5, 5.41) is 13.2. The van der Waals surface area contributed by atoms with Crippen LogP contribution in [0.5, 0.6) is 11.5 Å². The molecule has 1 N–H and O–H groups in total. The number of hydrogen-bond acceptors (Lipinski definition) is 8. The Morgan fingerprint density at radius 3 is 2.55 bits per heavy atom. The lowest BCUT2D eigenvalue weighted by atomic mass is 9.95. The van der Waals surface area contributed by atoms with E-state index in [9.17, 15) is 14.7 Å². The number of pyridine rings is 1. The number of ether oxygens (including phenoxy) is 2. The predicted octanol–water partition coefficient (Wildman–Crippen LogP) is 4.35. The van der Waals surface area contributed by atoms with E-state index in [1.807, 2.05) is 13.8 Å². The fourth-order valence-corrected chi connectivity index (χ4v) is 4.31. The van der Waals surface area contributed by atoms with Gasteiger partial charge in [-0.3, -0.25) is 19.5 Å². The molecule has 1 aliphatic rings. The zero-order chi connectivity index (χ0) is 23.4. The van der Waals surface area contributed by atoms with Crippen LogP contribution in [0.1, 0.15) is 37.4 Å². The number of aliphatic hydroxyl groups is 1. The Bertz CT molecular complexity index is 1180. The first-order chi connectivity index (χ1) is 16.1. The number of carbonyl (C=O) groups excluding carboxylic acids is 2. The second-order valence-electron chi connectivity index (χ2n) is 7.21. The number of rotatable bonds is 8. The molecule has 3 aromatic rings. The highest BCUT2D eigenvalue weighted by atomic mass is 32.1. The van der Waals surface area contributed by atoms with Crippen LogP contribution in [0.25, 0.3) is 5.76 Å². The molecule has 0 saturated carbocycles. The lowest BCUT2D eigenvalue weighted by Crippen LogP contribution is -2.29. The molecule has 1 unspecified atom stereocenters. The molecule has 2 aromatic heterocycles. The van der Waals surface area contributed by atoms with Gasteiger partial charge in [0.15, 0.2) is 16.6 Å². The number of amides is 1. The monoisotopic (exact) mass is 465 g/mol. The molecule has 1 saturated heterocycles. The quantitative estimate of drug-likeness (QED) is 0.300. The number of hydrogen-bond donors (Lipinski definition) is 1. The van der Waals surface area contributed by atoms with Gasteiger partial charge in [0.25, 0.3) is 5.78 Å². The van der Waals surface area contributed by atoms with Gasteiger partial charge in [-0.15, -0.1) is 11.3 Å². The maximum Gasteiger partial charge on any atom is 0.301 e. The topological polar surface area (TPSA) is 102 Å². The second kappa shape index (κ2) is 9.83. The van der Waals surface area contributed by atoms with E-state index in [2.05, 4.69) is 9.97 Å². The Kier molecular flexibility index (Phi) is 6.69. The molecule has 0 bridgehead atoms. The maximum absolute atomic E-state index is 13.1. The fourth-order valence-electron chi connectivity index (χ4n) is 3.64. The van der Waals surface area contributed by atoms with E-state index in [4.69, 9.17) is 9.47 Å². The minimum absolute atomic E-state index is 0.0222. The summed E-state index contributed by atoms with van der Waals surface area (Å²) in [5.74, 6) is -0.743. The number of thiazole rings is 1. The van der Waals surface area contributed by atoms with Gasteiger partial charge >= 0.3 is 5.91 Å². The van der Waals surface area contributed by atoms with Crippen LogP contribution in [0.15, 0.2) is 59.9 Å². The van der Waals surface area contributed by atoms with Crippen molar-refractivity contribution < 1.29 is 24.2 Å². The average Bonchev–Trinajstić information content (AvgIpc) is 3.45. The predicted molar refractivity (Wildman–Crippen MR) is 125 cm³/mol. The van der Waals surface area contributed by atoms with Gasteiger partial charge in [0, 0.05) is 29.5 Å². The highest BCUT2D eigenvalue weighted by molar-refractivity contribution is 7.14. The zero-order valence-corrected chi connectivity index (χ0v) is 19.0. The molecule has 8 nitrogen and oxygen atoms in total. The maximum atomic E-state index is 13.1. The minimum atomic E-state index is -0.885. The Morgan fingerprint density at radius 1 is 1.09 bits per heavy atom. The van der Waals surface area contributed by atoms with Crippen molar-refractivity contribution >= 4 is 33.9 Å². The van der Waals surface area contributed by atoms with Gasteiger partial charge in [-0.25, -0.2) is 4.98 Å². The van der Waals surface area contributed by atoms with Gasteiger partial charge in [-0.1, -0.05) is 13.0 Å². The highest BCUT2D eigenvalue weighted by Crippen LogP contribution is 2.44. The molecule has 0 radical (unpaired) electrons. The molecule has 0 spiro atoms. The third-order valence-corrected chi connectivity index (χ3v) is 5.84. The Labute approximate surface area is 195 Å². The molecule has 1 amide bonds. The fraction of sp³-hybridized carbons (Fsp3) is 0.250. The van der Waals surface area contributed by atoms with Crippen molar-refractivity contribution in [3.05, 3.63) is 71.0 Å². The highest BCUT2D eigenvalue weighted by Gasteiger charge is 2.48. The summed E-state index contributed by atoms with van der Waals surface area (Å²) in [7, 11) is 0. The van der Waals surface area contributed by atoms with Crippen LogP contribution < -0.4 is 14.4 Å². The van der Waals surface area contributed by atoms with E-state index in [0.717, 1.165) is 6.42 Å². The van der Waals surface area contributed by atoms with Crippen molar-refractivity contribution in [1.82, 2.24) is 9.97 Å². The summed E-state index contributed by atoms with van der Waals surface area (Å²) >= 11 is 1.23. The van der Waals surface area contributed by atoms with Crippen LogP contribution >= 0.6 is 11.3 Å². The largest absolute Gasteiger partial charge is 0.507 e. The Morgan fingerprint density at radius 2 is 1.88 bits per heavy atom. The van der Waals surface area contributed by atoms with E-state index >= 15 is 0 Å². The molecule has 1 aromatic carbocycles. The third kappa shape index (κ3) is 4.31. The lowest BCUT2D eigenvalue weighted by molar-refractivity contribution is -0.132. The molecule has 3 heterocycles. The van der Waals surface area contributed by atoms with Crippen LogP contribution in [0, 0.1) is 0 Å². The Hall–Kier alpha value is -3.72. The normalized spacial score (nSPS) is 17.4. The van der Waals surface area contributed by atoms with Gasteiger partial charge in [-0.2, -0.15) is 0 Å². The minimum Gasteiger partial charge on any atom is -0.507 e. The molecular weight excluding hydrogens is 442 g/mol. The molecule has 33 heavy (non-hydrogen) atoms. The summed E-state index contributed by atoms with van der Waals surface area (Å²) in [5.41, 5.74) is 0.957. The lowest BCUT2D eigenvalue weighted by Gasteiger charge is -2.24. The van der Waals surface area contributed by atoms with Gasteiger partial charge in [0.2, 0.25) is 0 Å². The third-order valence-electron chi connectivity index (χ3n) is 5.07. The smallest absolute Gasteiger partial charge is 0.301 e. The van der Waals surface area contributed by atoms with Crippen molar-refractivity contribution in [1.29, 1.82) is 0 Å². The molecular formula is C24H23N3O5S. The molecule has 1 fully saturated rings. The molecule has 9 heteroatoms. The number of nitrogens with zero attached hydrogens (tertiary/aromatic N) is 3. The van der Waals surface area contributed by atoms with Crippen molar-refractivity contribution in [3.63, 3.8) is 0 Å². The van der Waals surface area contributed by atoms with Crippen LogP contribution in [0.2, 0.25) is 0 Å². The second-order valence-corrected chi connectivity index (χ2v) is 8.08. The summed E-state index contributed by atoms with van der Waals surface area (Å²) < 4.78 is 11.6. The SMILES string of the molecule is CCCOc1ccc(C2C(=C(O)c3ccncc3)C(=O)C(=O)N2c2nccs2)cc1OCC. The standard InChI is InChI=1S/C24H23N3O5S/c1-3-12-32-17-6-5-16(14-18(17)31-4-2)20-19(21(28)15-7-9-25-10-8-15)22(29)23(30)27(20)24-26-11-13-33-24/h5-11,13-14,20,28H,3-4,12H2,1-2H3. The van der Waals surface area contributed by atoms with Crippen LogP contribution in [0.4, 0.5) is 5.13 Å². The van der Waals surface area contributed by atoms with Crippen LogP contribution in [-0.2, 0) is 9.59 Å². The van der Waals surface area contributed by atoms with E-state index in [-0.39, 0.29) is 11.3 Å². The van der Waals surface area contributed by atoms with Crippen molar-refractivity contribution in [2.45, 2.75) is 26.3 Å². The van der Waals surface area contributed by atoms with E-state index in [1.54, 1.807) is 41.9 Å². The molecule has 4 rings (SSSR count). The van der Waals surface area contributed by atoms with E-state index in [1.165, 1.54) is 28.6 Å². The van der Waals surface area contributed by atoms with Crippen molar-refractivity contribution in [2.75, 3.05) is 18.1 Å². The van der Waals surface area contributed by atoms with E-state index in [0.29, 0.717) is 41.0 Å². The number of benzene rings is 1. The molecule has 170 valence electrons. The van der Waals surface area contributed by atoms with Gasteiger partial charge < -0.3 is 14.6 Å². The van der Waals surface area contributed by atoms with Crippen LogP contribution in [0.3, 0.4) is 0 Å². The summed E-state index contributed by atoms with van der Waals surface area (Å²) in [4.78, 5) is 35.7. The summed E-state index contributed by atoms with van der Waals surface area (Å²) in [6, 6.07) is 7.54. The summed E-state index contributed by atoms with van der Waals surface area (Å²) in [6.45, 7) is 4.81. The number of Topliss-reactive ketones (excluding diaryl/α,β-unsaturated/α-hetero) is 1. The summed E-state index contributed by atoms with van der Waals surface area (Å²) in [6.07, 6.45) is 5.41. The van der Waals surface area contributed by atoms with Crippen molar-refractivity contribution in [3.8, 4) is 11.5 Å². The van der Waals surface area contributed by atoms with Gasteiger partial charge in [0.05, 0.1) is 24.8 Å². The first-order valence-electron chi connectivity index (χ1n) is 10.6. The van der Waals surface area contributed by atoms with Crippen LogP contribution in [-0.4, -0.2) is 40.0 Å². The number of ketones is 1.